The Bertz CT molecular complexity index is 850. The standard InChI is InChI=1S/C20H22Cl2N4O2/c1-13-2-5-18(23-11-13)25-20(28)14-6-8-26(9-7-14)12-19(27)24-17-10-15(21)3-4-16(17)22/h2-5,10-11,14H,6-9,12H2,1H3,(H,24,27)(H,23,25,28). The number of nitrogens with one attached hydrogen (secondary N) is 2. The van der Waals surface area contributed by atoms with Crippen molar-refractivity contribution in [2.24, 2.45) is 5.92 Å². The summed E-state index contributed by atoms with van der Waals surface area (Å²) < 4.78 is 0. The smallest absolute Gasteiger partial charge is 0.238 e. The predicted molar refractivity (Wildman–Crippen MR) is 112 cm³/mol. The van der Waals surface area contributed by atoms with Gasteiger partial charge >= 0.3 is 0 Å². The summed E-state index contributed by atoms with van der Waals surface area (Å²) in [4.78, 5) is 30.9. The minimum atomic E-state index is -0.157. The summed E-state index contributed by atoms with van der Waals surface area (Å²) in [5.74, 6) is 0.308. The van der Waals surface area contributed by atoms with Crippen LogP contribution < -0.4 is 10.6 Å². The molecule has 1 fully saturated rings. The van der Waals surface area contributed by atoms with E-state index in [0.717, 1.165) is 5.56 Å². The first kappa shape index (κ1) is 20.6. The van der Waals surface area contributed by atoms with Gasteiger partial charge in [-0.25, -0.2) is 4.98 Å². The number of aryl methyl sites for hydroxylation is 1. The van der Waals surface area contributed by atoms with Crippen LogP contribution in [0, 0.1) is 12.8 Å². The number of benzene rings is 1. The number of pyridine rings is 1. The molecular weight excluding hydrogens is 399 g/mol. The van der Waals surface area contributed by atoms with Crippen LogP contribution in [-0.4, -0.2) is 41.3 Å². The van der Waals surface area contributed by atoms with Gasteiger partial charge in [0.2, 0.25) is 11.8 Å². The number of nitrogens with zero attached hydrogens (tertiary/aromatic N) is 2. The number of halogens is 2. The normalized spacial score (nSPS) is 15.2. The Morgan fingerprint density at radius 2 is 1.89 bits per heavy atom. The summed E-state index contributed by atoms with van der Waals surface area (Å²) >= 11 is 12.0. The van der Waals surface area contributed by atoms with Gasteiger partial charge in [0.25, 0.3) is 0 Å². The number of carbonyl (C=O) groups is 2. The van der Waals surface area contributed by atoms with E-state index >= 15 is 0 Å². The molecule has 0 bridgehead atoms. The molecule has 1 aliphatic rings. The molecule has 2 heterocycles. The number of amides is 2. The average Bonchev–Trinajstić information content (AvgIpc) is 2.67. The lowest BCUT2D eigenvalue weighted by Gasteiger charge is -2.30. The van der Waals surface area contributed by atoms with Crippen LogP contribution in [0.4, 0.5) is 11.5 Å². The van der Waals surface area contributed by atoms with E-state index in [1.165, 1.54) is 0 Å². The zero-order chi connectivity index (χ0) is 20.1. The number of carbonyl (C=O) groups excluding carboxylic acids is 2. The van der Waals surface area contributed by atoms with E-state index < -0.39 is 0 Å². The van der Waals surface area contributed by atoms with Gasteiger partial charge in [-0.05, 0) is 62.7 Å². The maximum Gasteiger partial charge on any atom is 0.238 e. The quantitative estimate of drug-likeness (QED) is 0.766. The van der Waals surface area contributed by atoms with E-state index in [1.54, 1.807) is 30.5 Å². The largest absolute Gasteiger partial charge is 0.324 e. The Balaban J connectivity index is 1.45. The van der Waals surface area contributed by atoms with E-state index in [-0.39, 0.29) is 24.3 Å². The van der Waals surface area contributed by atoms with Gasteiger partial charge in [-0.1, -0.05) is 29.3 Å². The van der Waals surface area contributed by atoms with Crippen molar-refractivity contribution >= 4 is 46.5 Å². The van der Waals surface area contributed by atoms with Crippen molar-refractivity contribution in [1.29, 1.82) is 0 Å². The molecule has 1 aromatic heterocycles. The Kier molecular flexibility index (Phi) is 6.88. The fourth-order valence-electron chi connectivity index (χ4n) is 3.11. The topological polar surface area (TPSA) is 74.3 Å². The molecule has 2 amide bonds. The Morgan fingerprint density at radius 3 is 2.57 bits per heavy atom. The molecule has 0 atom stereocenters. The average molecular weight is 421 g/mol. The van der Waals surface area contributed by atoms with Gasteiger partial charge in [-0.2, -0.15) is 0 Å². The number of anilines is 2. The van der Waals surface area contributed by atoms with E-state index in [9.17, 15) is 9.59 Å². The van der Waals surface area contributed by atoms with E-state index in [1.807, 2.05) is 17.9 Å². The summed E-state index contributed by atoms with van der Waals surface area (Å²) in [5.41, 5.74) is 1.54. The van der Waals surface area contributed by atoms with Crippen LogP contribution in [0.5, 0.6) is 0 Å². The van der Waals surface area contributed by atoms with Crippen LogP contribution in [0.2, 0.25) is 10.0 Å². The van der Waals surface area contributed by atoms with Gasteiger partial charge in [0.1, 0.15) is 5.82 Å². The van der Waals surface area contributed by atoms with Crippen LogP contribution in [0.3, 0.4) is 0 Å². The fourth-order valence-corrected chi connectivity index (χ4v) is 3.45. The third-order valence-electron chi connectivity index (χ3n) is 4.69. The molecule has 8 heteroatoms. The second kappa shape index (κ2) is 9.37. The van der Waals surface area contributed by atoms with Gasteiger partial charge in [0.05, 0.1) is 17.3 Å². The highest BCUT2D eigenvalue weighted by Gasteiger charge is 2.26. The Labute approximate surface area is 174 Å². The van der Waals surface area contributed by atoms with Crippen molar-refractivity contribution in [3.05, 3.63) is 52.1 Å². The molecule has 2 aromatic rings. The second-order valence-corrected chi connectivity index (χ2v) is 7.78. The van der Waals surface area contributed by atoms with Gasteiger partial charge in [0, 0.05) is 17.1 Å². The van der Waals surface area contributed by atoms with Crippen LogP contribution in [0.1, 0.15) is 18.4 Å². The van der Waals surface area contributed by atoms with Crippen LogP contribution in [0.25, 0.3) is 0 Å². The summed E-state index contributed by atoms with van der Waals surface area (Å²) in [7, 11) is 0. The first-order valence-electron chi connectivity index (χ1n) is 9.11. The summed E-state index contributed by atoms with van der Waals surface area (Å²) in [6.07, 6.45) is 3.12. The highest BCUT2D eigenvalue weighted by atomic mass is 35.5. The molecule has 0 saturated carbocycles. The minimum absolute atomic E-state index is 0.0221. The lowest BCUT2D eigenvalue weighted by atomic mass is 9.96. The number of rotatable bonds is 5. The molecule has 6 nitrogen and oxygen atoms in total. The van der Waals surface area contributed by atoms with Crippen molar-refractivity contribution < 1.29 is 9.59 Å². The van der Waals surface area contributed by atoms with Gasteiger partial charge in [0.15, 0.2) is 0 Å². The first-order chi connectivity index (χ1) is 13.4. The maximum absolute atomic E-state index is 12.4. The molecule has 1 aliphatic heterocycles. The molecule has 0 spiro atoms. The molecule has 0 aliphatic carbocycles. The monoisotopic (exact) mass is 420 g/mol. The number of likely N-dealkylation sites (tertiary alicyclic amines) is 1. The summed E-state index contributed by atoms with van der Waals surface area (Å²) in [6.45, 7) is 3.55. The van der Waals surface area contributed by atoms with Crippen molar-refractivity contribution in [3.63, 3.8) is 0 Å². The zero-order valence-corrected chi connectivity index (χ0v) is 17.1. The van der Waals surface area contributed by atoms with Crippen molar-refractivity contribution in [2.45, 2.75) is 19.8 Å². The van der Waals surface area contributed by atoms with Gasteiger partial charge in [-0.15, -0.1) is 0 Å². The molecule has 1 aromatic carbocycles. The van der Waals surface area contributed by atoms with E-state index in [0.29, 0.717) is 47.5 Å². The van der Waals surface area contributed by atoms with Crippen molar-refractivity contribution in [2.75, 3.05) is 30.3 Å². The predicted octanol–water partition coefficient (Wildman–Crippen LogP) is 3.99. The van der Waals surface area contributed by atoms with Crippen LogP contribution in [0.15, 0.2) is 36.5 Å². The molecule has 148 valence electrons. The third kappa shape index (κ3) is 5.67. The number of aromatic nitrogens is 1. The molecule has 1 saturated heterocycles. The van der Waals surface area contributed by atoms with E-state index in [2.05, 4.69) is 15.6 Å². The summed E-state index contributed by atoms with van der Waals surface area (Å²) in [5, 5.41) is 6.60. The number of piperidine rings is 1. The lowest BCUT2D eigenvalue weighted by Crippen LogP contribution is -2.41. The molecule has 0 unspecified atom stereocenters. The molecule has 3 rings (SSSR count). The first-order valence-corrected chi connectivity index (χ1v) is 9.87. The minimum Gasteiger partial charge on any atom is -0.324 e. The molecule has 2 N–H and O–H groups in total. The fraction of sp³-hybridized carbons (Fsp3) is 0.350. The lowest BCUT2D eigenvalue weighted by molar-refractivity contribution is -0.121. The van der Waals surface area contributed by atoms with Crippen LogP contribution in [-0.2, 0) is 9.59 Å². The second-order valence-electron chi connectivity index (χ2n) is 6.93. The Morgan fingerprint density at radius 1 is 1.14 bits per heavy atom. The summed E-state index contributed by atoms with van der Waals surface area (Å²) in [6, 6.07) is 8.65. The molecular formula is C20H22Cl2N4O2. The number of hydrogen-bond donors (Lipinski definition) is 2. The van der Waals surface area contributed by atoms with Crippen molar-refractivity contribution in [3.8, 4) is 0 Å². The molecule has 28 heavy (non-hydrogen) atoms. The highest BCUT2D eigenvalue weighted by Crippen LogP contribution is 2.25. The maximum atomic E-state index is 12.4. The third-order valence-corrected chi connectivity index (χ3v) is 5.26. The zero-order valence-electron chi connectivity index (χ0n) is 15.5. The van der Waals surface area contributed by atoms with Crippen molar-refractivity contribution in [1.82, 2.24) is 9.88 Å². The number of hydrogen-bond acceptors (Lipinski definition) is 4. The highest BCUT2D eigenvalue weighted by molar-refractivity contribution is 6.35. The molecule has 0 radical (unpaired) electrons. The van der Waals surface area contributed by atoms with Crippen LogP contribution >= 0.6 is 23.2 Å². The SMILES string of the molecule is Cc1ccc(NC(=O)C2CCN(CC(=O)Nc3cc(Cl)ccc3Cl)CC2)nc1. The van der Waals surface area contributed by atoms with Gasteiger partial charge in [-0.3, -0.25) is 14.5 Å². The van der Waals surface area contributed by atoms with E-state index in [4.69, 9.17) is 23.2 Å². The van der Waals surface area contributed by atoms with Gasteiger partial charge < -0.3 is 10.6 Å². The Hall–Kier alpha value is -2.15.